The van der Waals surface area contributed by atoms with Crippen LogP contribution < -0.4 is 10.1 Å². The minimum Gasteiger partial charge on any atom is -0.481 e. The maximum atomic E-state index is 11.8. The monoisotopic (exact) mass is 273 g/mol. The standard InChI is InChI=1S/C14H15N3O3/c1-20-13-3-2-11(9-17-13)12-8-10(4-5-15-12)14(19)16-6-7-18/h2-5,8-9,18H,6-7H2,1H3,(H,16,19). The first kappa shape index (κ1) is 14.0. The van der Waals surface area contributed by atoms with E-state index in [0.29, 0.717) is 17.1 Å². The van der Waals surface area contributed by atoms with Gasteiger partial charge in [0.15, 0.2) is 0 Å². The molecule has 1 amide bonds. The summed E-state index contributed by atoms with van der Waals surface area (Å²) in [6, 6.07) is 6.85. The minimum atomic E-state index is -0.246. The SMILES string of the molecule is COc1ccc(-c2cc(C(=O)NCCO)ccn2)cn1. The fourth-order valence-corrected chi connectivity index (χ4v) is 1.65. The molecule has 2 aromatic heterocycles. The molecule has 2 rings (SSSR count). The molecule has 0 radical (unpaired) electrons. The van der Waals surface area contributed by atoms with Crippen molar-refractivity contribution in [2.45, 2.75) is 0 Å². The predicted octanol–water partition coefficient (Wildman–Crippen LogP) is 0.874. The van der Waals surface area contributed by atoms with Crippen molar-refractivity contribution in [3.05, 3.63) is 42.2 Å². The van der Waals surface area contributed by atoms with Crippen molar-refractivity contribution in [1.29, 1.82) is 0 Å². The number of carbonyl (C=O) groups excluding carboxylic acids is 1. The molecule has 0 aromatic carbocycles. The number of hydrogen-bond acceptors (Lipinski definition) is 5. The van der Waals surface area contributed by atoms with Gasteiger partial charge in [0.2, 0.25) is 5.88 Å². The predicted molar refractivity (Wildman–Crippen MR) is 73.4 cm³/mol. The van der Waals surface area contributed by atoms with Gasteiger partial charge in [-0.2, -0.15) is 0 Å². The zero-order chi connectivity index (χ0) is 14.4. The van der Waals surface area contributed by atoms with Crippen LogP contribution >= 0.6 is 0 Å². The lowest BCUT2D eigenvalue weighted by Gasteiger charge is -2.06. The van der Waals surface area contributed by atoms with Crippen LogP contribution in [0.4, 0.5) is 0 Å². The number of nitrogens with one attached hydrogen (secondary N) is 1. The van der Waals surface area contributed by atoms with E-state index in [2.05, 4.69) is 15.3 Å². The Labute approximate surface area is 116 Å². The van der Waals surface area contributed by atoms with Crippen molar-refractivity contribution < 1.29 is 14.6 Å². The molecule has 0 aliphatic rings. The molecule has 6 heteroatoms. The van der Waals surface area contributed by atoms with E-state index in [1.54, 1.807) is 37.7 Å². The molecule has 0 spiro atoms. The van der Waals surface area contributed by atoms with Crippen LogP contribution in [0.15, 0.2) is 36.7 Å². The molecule has 0 unspecified atom stereocenters. The highest BCUT2D eigenvalue weighted by Crippen LogP contribution is 2.18. The first-order valence-corrected chi connectivity index (χ1v) is 6.10. The van der Waals surface area contributed by atoms with Crippen LogP contribution in [-0.4, -0.2) is 41.2 Å². The number of methoxy groups -OCH3 is 1. The van der Waals surface area contributed by atoms with Gasteiger partial charge in [-0.15, -0.1) is 0 Å². The third kappa shape index (κ3) is 3.30. The maximum Gasteiger partial charge on any atom is 0.251 e. The summed E-state index contributed by atoms with van der Waals surface area (Å²) < 4.78 is 4.99. The lowest BCUT2D eigenvalue weighted by Crippen LogP contribution is -2.26. The van der Waals surface area contributed by atoms with Crippen LogP contribution in [0, 0.1) is 0 Å². The zero-order valence-corrected chi connectivity index (χ0v) is 11.0. The summed E-state index contributed by atoms with van der Waals surface area (Å²) in [5, 5.41) is 11.3. The van der Waals surface area contributed by atoms with Gasteiger partial charge in [0.05, 0.1) is 19.4 Å². The normalized spacial score (nSPS) is 10.1. The highest BCUT2D eigenvalue weighted by molar-refractivity contribution is 5.95. The number of hydrogen-bond donors (Lipinski definition) is 2. The Morgan fingerprint density at radius 2 is 2.20 bits per heavy atom. The van der Waals surface area contributed by atoms with Crippen LogP contribution in [0.3, 0.4) is 0 Å². The molecule has 104 valence electrons. The van der Waals surface area contributed by atoms with Gasteiger partial charge in [-0.25, -0.2) is 4.98 Å². The van der Waals surface area contributed by atoms with E-state index in [0.717, 1.165) is 5.56 Å². The number of nitrogens with zero attached hydrogens (tertiary/aromatic N) is 2. The summed E-state index contributed by atoms with van der Waals surface area (Å²) in [5.74, 6) is 0.273. The molecule has 0 saturated heterocycles. The maximum absolute atomic E-state index is 11.8. The Hall–Kier alpha value is -2.47. The average molecular weight is 273 g/mol. The van der Waals surface area contributed by atoms with Crippen molar-refractivity contribution >= 4 is 5.91 Å². The van der Waals surface area contributed by atoms with E-state index in [9.17, 15) is 4.79 Å². The first-order chi connectivity index (χ1) is 9.74. The van der Waals surface area contributed by atoms with Crippen LogP contribution in [-0.2, 0) is 0 Å². The van der Waals surface area contributed by atoms with Crippen LogP contribution in [0.2, 0.25) is 0 Å². The van der Waals surface area contributed by atoms with Gasteiger partial charge in [0, 0.05) is 36.1 Å². The molecule has 0 fully saturated rings. The van der Waals surface area contributed by atoms with E-state index in [-0.39, 0.29) is 19.1 Å². The average Bonchev–Trinajstić information content (AvgIpc) is 2.52. The molecule has 2 aromatic rings. The largest absolute Gasteiger partial charge is 0.481 e. The van der Waals surface area contributed by atoms with E-state index >= 15 is 0 Å². The number of pyridine rings is 2. The first-order valence-electron chi connectivity index (χ1n) is 6.10. The van der Waals surface area contributed by atoms with E-state index in [1.165, 1.54) is 0 Å². The van der Waals surface area contributed by atoms with Gasteiger partial charge >= 0.3 is 0 Å². The van der Waals surface area contributed by atoms with Crippen LogP contribution in [0.25, 0.3) is 11.3 Å². The van der Waals surface area contributed by atoms with Gasteiger partial charge in [0.1, 0.15) is 0 Å². The van der Waals surface area contributed by atoms with Gasteiger partial charge in [0.25, 0.3) is 5.91 Å². The Balaban J connectivity index is 2.22. The molecule has 6 nitrogen and oxygen atoms in total. The van der Waals surface area contributed by atoms with Gasteiger partial charge in [-0.1, -0.05) is 0 Å². The van der Waals surface area contributed by atoms with Crippen molar-refractivity contribution in [2.24, 2.45) is 0 Å². The van der Waals surface area contributed by atoms with Crippen molar-refractivity contribution in [3.8, 4) is 17.1 Å². The summed E-state index contributed by atoms with van der Waals surface area (Å²) in [4.78, 5) is 20.1. The minimum absolute atomic E-state index is 0.0912. The van der Waals surface area contributed by atoms with Crippen molar-refractivity contribution in [2.75, 3.05) is 20.3 Å². The van der Waals surface area contributed by atoms with Crippen molar-refractivity contribution in [1.82, 2.24) is 15.3 Å². The third-order valence-corrected chi connectivity index (χ3v) is 2.66. The molecule has 0 saturated carbocycles. The molecule has 0 bridgehead atoms. The fourth-order valence-electron chi connectivity index (χ4n) is 1.65. The summed E-state index contributed by atoms with van der Waals surface area (Å²) in [5.41, 5.74) is 1.93. The Bertz CT molecular complexity index is 584. The number of carbonyl (C=O) groups is 1. The highest BCUT2D eigenvalue weighted by Gasteiger charge is 2.07. The Kier molecular flexibility index (Phi) is 4.62. The van der Waals surface area contributed by atoms with Crippen molar-refractivity contribution in [3.63, 3.8) is 0 Å². The molecule has 20 heavy (non-hydrogen) atoms. The Morgan fingerprint density at radius 1 is 1.35 bits per heavy atom. The second-order valence-electron chi connectivity index (χ2n) is 4.00. The second kappa shape index (κ2) is 6.63. The van der Waals surface area contributed by atoms with Gasteiger partial charge in [-0.05, 0) is 18.2 Å². The smallest absolute Gasteiger partial charge is 0.251 e. The number of aliphatic hydroxyl groups is 1. The van der Waals surface area contributed by atoms with Crippen LogP contribution in [0.5, 0.6) is 5.88 Å². The molecular formula is C14H15N3O3. The van der Waals surface area contributed by atoms with E-state index < -0.39 is 0 Å². The lowest BCUT2D eigenvalue weighted by atomic mass is 10.1. The molecule has 0 atom stereocenters. The molecule has 2 N–H and O–H groups in total. The quantitative estimate of drug-likeness (QED) is 0.844. The molecular weight excluding hydrogens is 258 g/mol. The van der Waals surface area contributed by atoms with E-state index in [4.69, 9.17) is 9.84 Å². The topological polar surface area (TPSA) is 84.3 Å². The molecule has 0 aliphatic carbocycles. The lowest BCUT2D eigenvalue weighted by molar-refractivity contribution is 0.0944. The highest BCUT2D eigenvalue weighted by atomic mass is 16.5. The summed E-state index contributed by atoms with van der Waals surface area (Å²) in [7, 11) is 1.55. The molecule has 0 aliphatic heterocycles. The number of ether oxygens (including phenoxy) is 1. The zero-order valence-electron chi connectivity index (χ0n) is 11.0. The van der Waals surface area contributed by atoms with Gasteiger partial charge < -0.3 is 15.2 Å². The summed E-state index contributed by atoms with van der Waals surface area (Å²) in [6.07, 6.45) is 3.20. The molecule has 2 heterocycles. The van der Waals surface area contributed by atoms with E-state index in [1.807, 2.05) is 6.07 Å². The third-order valence-electron chi connectivity index (χ3n) is 2.66. The number of aliphatic hydroxyl groups excluding tert-OH is 1. The summed E-state index contributed by atoms with van der Waals surface area (Å²) in [6.45, 7) is 0.132. The number of rotatable bonds is 5. The summed E-state index contributed by atoms with van der Waals surface area (Å²) >= 11 is 0. The second-order valence-corrected chi connectivity index (χ2v) is 4.00. The number of aromatic nitrogens is 2. The van der Waals surface area contributed by atoms with Crippen LogP contribution in [0.1, 0.15) is 10.4 Å². The Morgan fingerprint density at radius 3 is 2.85 bits per heavy atom. The number of amides is 1. The van der Waals surface area contributed by atoms with Gasteiger partial charge in [-0.3, -0.25) is 9.78 Å². The fraction of sp³-hybridized carbons (Fsp3) is 0.214.